The standard InChI is InChI=1S/C21H17F2N3O5/c1-21(16-10-12-4-2-3-5-15(12)31-16)18(28)26(20(29)25-21)11-17(27)24-13-6-8-14(9-7-13)30-19(22)23/h2-10,19H,11H2,1H3,(H,24,27)(H,25,29). The third kappa shape index (κ3) is 3.91. The number of furan rings is 1. The van der Waals surface area contributed by atoms with Gasteiger partial charge >= 0.3 is 12.6 Å². The lowest BCUT2D eigenvalue weighted by molar-refractivity contribution is -0.134. The van der Waals surface area contributed by atoms with Crippen LogP contribution in [-0.2, 0) is 15.1 Å². The first-order valence-electron chi connectivity index (χ1n) is 9.24. The van der Waals surface area contributed by atoms with Crippen molar-refractivity contribution in [2.24, 2.45) is 0 Å². The van der Waals surface area contributed by atoms with Crippen molar-refractivity contribution in [1.29, 1.82) is 0 Å². The van der Waals surface area contributed by atoms with Gasteiger partial charge in [0.1, 0.15) is 23.6 Å². The third-order valence-corrected chi connectivity index (χ3v) is 4.86. The fourth-order valence-electron chi connectivity index (χ4n) is 3.30. The van der Waals surface area contributed by atoms with E-state index in [9.17, 15) is 23.2 Å². The Balaban J connectivity index is 1.45. The van der Waals surface area contributed by atoms with Gasteiger partial charge in [-0.3, -0.25) is 14.5 Å². The number of nitrogens with zero attached hydrogens (tertiary/aromatic N) is 1. The van der Waals surface area contributed by atoms with E-state index in [2.05, 4.69) is 15.4 Å². The summed E-state index contributed by atoms with van der Waals surface area (Å²) >= 11 is 0. The smallest absolute Gasteiger partial charge is 0.387 e. The van der Waals surface area contributed by atoms with Crippen LogP contribution in [0.5, 0.6) is 5.75 Å². The first kappa shape index (κ1) is 20.3. The van der Waals surface area contributed by atoms with E-state index in [0.29, 0.717) is 11.3 Å². The van der Waals surface area contributed by atoms with E-state index in [1.54, 1.807) is 18.2 Å². The number of urea groups is 1. The van der Waals surface area contributed by atoms with Crippen molar-refractivity contribution in [2.75, 3.05) is 11.9 Å². The van der Waals surface area contributed by atoms with Crippen LogP contribution >= 0.6 is 0 Å². The fraction of sp³-hybridized carbons (Fsp3) is 0.190. The molecule has 1 unspecified atom stereocenters. The number of alkyl halides is 2. The van der Waals surface area contributed by atoms with Crippen molar-refractivity contribution in [3.63, 3.8) is 0 Å². The van der Waals surface area contributed by atoms with Crippen LogP contribution in [0.15, 0.2) is 59.0 Å². The number of hydrogen-bond donors (Lipinski definition) is 2. The van der Waals surface area contributed by atoms with E-state index in [0.717, 1.165) is 10.3 Å². The van der Waals surface area contributed by atoms with Gasteiger partial charge in [0, 0.05) is 11.1 Å². The van der Waals surface area contributed by atoms with Crippen molar-refractivity contribution >= 4 is 34.5 Å². The number of halogens is 2. The fourth-order valence-corrected chi connectivity index (χ4v) is 3.30. The van der Waals surface area contributed by atoms with Gasteiger partial charge in [0.2, 0.25) is 5.91 Å². The molecule has 2 heterocycles. The number of imide groups is 1. The zero-order valence-electron chi connectivity index (χ0n) is 16.2. The first-order valence-corrected chi connectivity index (χ1v) is 9.24. The minimum atomic E-state index is -2.96. The second-order valence-corrected chi connectivity index (χ2v) is 7.05. The van der Waals surface area contributed by atoms with Crippen LogP contribution in [0.2, 0.25) is 0 Å². The molecule has 1 fully saturated rings. The molecule has 4 rings (SSSR count). The van der Waals surface area contributed by atoms with Crippen molar-refractivity contribution in [3.05, 3.63) is 60.4 Å². The van der Waals surface area contributed by atoms with Gasteiger partial charge in [-0.25, -0.2) is 4.79 Å². The maximum Gasteiger partial charge on any atom is 0.387 e. The van der Waals surface area contributed by atoms with Crippen LogP contribution in [0.25, 0.3) is 11.0 Å². The number of ether oxygens (including phenoxy) is 1. The van der Waals surface area contributed by atoms with Gasteiger partial charge in [0.25, 0.3) is 5.91 Å². The molecule has 2 aromatic carbocycles. The molecule has 1 aliphatic rings. The minimum absolute atomic E-state index is 0.0660. The normalized spacial score (nSPS) is 18.5. The molecule has 0 radical (unpaired) electrons. The van der Waals surface area contributed by atoms with E-state index >= 15 is 0 Å². The van der Waals surface area contributed by atoms with Crippen molar-refractivity contribution in [1.82, 2.24) is 10.2 Å². The summed E-state index contributed by atoms with van der Waals surface area (Å²) in [5.74, 6) is -1.08. The largest absolute Gasteiger partial charge is 0.458 e. The van der Waals surface area contributed by atoms with Gasteiger partial charge in [-0.2, -0.15) is 8.78 Å². The summed E-state index contributed by atoms with van der Waals surface area (Å²) in [5.41, 5.74) is -0.597. The maximum absolute atomic E-state index is 13.0. The third-order valence-electron chi connectivity index (χ3n) is 4.86. The lowest BCUT2D eigenvalue weighted by atomic mass is 9.99. The van der Waals surface area contributed by atoms with Crippen LogP contribution in [0.3, 0.4) is 0 Å². The SMILES string of the molecule is CC1(c2cc3ccccc3o2)NC(=O)N(CC(=O)Nc2ccc(OC(F)F)cc2)C1=O. The molecule has 2 N–H and O–H groups in total. The minimum Gasteiger partial charge on any atom is -0.458 e. The van der Waals surface area contributed by atoms with Crippen molar-refractivity contribution in [2.45, 2.75) is 19.1 Å². The summed E-state index contributed by atoms with van der Waals surface area (Å²) in [5, 5.41) is 5.85. The number of para-hydroxylation sites is 1. The molecule has 0 saturated carbocycles. The van der Waals surface area contributed by atoms with Crippen molar-refractivity contribution < 1.29 is 32.3 Å². The Morgan fingerprint density at radius 3 is 2.58 bits per heavy atom. The quantitative estimate of drug-likeness (QED) is 0.585. The lowest BCUT2D eigenvalue weighted by Crippen LogP contribution is -2.41. The van der Waals surface area contributed by atoms with E-state index in [-0.39, 0.29) is 11.5 Å². The highest BCUT2D eigenvalue weighted by Crippen LogP contribution is 2.33. The molecule has 0 spiro atoms. The predicted octanol–water partition coefficient (Wildman–Crippen LogP) is 3.44. The molecule has 8 nitrogen and oxygen atoms in total. The summed E-state index contributed by atoms with van der Waals surface area (Å²) in [6.07, 6.45) is 0. The molecular formula is C21H17F2N3O5. The molecule has 1 aliphatic heterocycles. The van der Waals surface area contributed by atoms with Crippen LogP contribution in [0, 0.1) is 0 Å². The molecule has 31 heavy (non-hydrogen) atoms. The number of amides is 4. The second kappa shape index (κ2) is 7.71. The Morgan fingerprint density at radius 2 is 1.90 bits per heavy atom. The monoisotopic (exact) mass is 429 g/mol. The van der Waals surface area contributed by atoms with E-state index < -0.39 is 36.5 Å². The Kier molecular flexibility index (Phi) is 5.05. The van der Waals surface area contributed by atoms with Crippen molar-refractivity contribution in [3.8, 4) is 5.75 Å². The van der Waals surface area contributed by atoms with E-state index in [1.165, 1.54) is 31.2 Å². The number of carbonyl (C=O) groups excluding carboxylic acids is 3. The van der Waals surface area contributed by atoms with Gasteiger partial charge in [-0.15, -0.1) is 0 Å². The molecule has 1 saturated heterocycles. The Labute approximate surface area is 174 Å². The number of hydrogen-bond acceptors (Lipinski definition) is 5. The average molecular weight is 429 g/mol. The number of carbonyl (C=O) groups is 3. The van der Waals surface area contributed by atoms with Gasteiger partial charge in [-0.05, 0) is 43.3 Å². The zero-order valence-corrected chi connectivity index (χ0v) is 16.2. The number of anilines is 1. The molecule has 10 heteroatoms. The molecule has 0 aliphatic carbocycles. The van der Waals surface area contributed by atoms with Crippen LogP contribution in [-0.4, -0.2) is 35.9 Å². The highest BCUT2D eigenvalue weighted by molar-refractivity contribution is 6.10. The predicted molar refractivity (Wildman–Crippen MR) is 106 cm³/mol. The van der Waals surface area contributed by atoms with Gasteiger partial charge < -0.3 is 19.8 Å². The number of nitrogens with one attached hydrogen (secondary N) is 2. The zero-order chi connectivity index (χ0) is 22.2. The highest BCUT2D eigenvalue weighted by atomic mass is 19.3. The summed E-state index contributed by atoms with van der Waals surface area (Å²) in [4.78, 5) is 38.5. The molecule has 160 valence electrons. The molecule has 1 aromatic heterocycles. The number of rotatable bonds is 6. The first-order chi connectivity index (χ1) is 14.8. The summed E-state index contributed by atoms with van der Waals surface area (Å²) in [6, 6.07) is 13.3. The number of fused-ring (bicyclic) bond motifs is 1. The average Bonchev–Trinajstić information content (AvgIpc) is 3.25. The summed E-state index contributed by atoms with van der Waals surface area (Å²) in [6.45, 7) is -1.98. The summed E-state index contributed by atoms with van der Waals surface area (Å²) < 4.78 is 34.4. The molecule has 0 bridgehead atoms. The molecule has 4 amide bonds. The molecular weight excluding hydrogens is 412 g/mol. The maximum atomic E-state index is 13.0. The number of benzene rings is 2. The van der Waals surface area contributed by atoms with Gasteiger partial charge in [-0.1, -0.05) is 18.2 Å². The van der Waals surface area contributed by atoms with Gasteiger partial charge in [0.15, 0.2) is 5.54 Å². The topological polar surface area (TPSA) is 101 Å². The van der Waals surface area contributed by atoms with E-state index in [4.69, 9.17) is 4.42 Å². The Hall–Kier alpha value is -3.95. The second-order valence-electron chi connectivity index (χ2n) is 7.05. The molecule has 1 atom stereocenters. The molecule has 3 aromatic rings. The Bertz CT molecular complexity index is 1130. The van der Waals surface area contributed by atoms with Crippen LogP contribution in [0.1, 0.15) is 12.7 Å². The van der Waals surface area contributed by atoms with E-state index in [1.807, 2.05) is 12.1 Å². The van der Waals surface area contributed by atoms with Crippen LogP contribution < -0.4 is 15.4 Å². The Morgan fingerprint density at radius 1 is 1.19 bits per heavy atom. The van der Waals surface area contributed by atoms with Crippen LogP contribution in [0.4, 0.5) is 19.3 Å². The lowest BCUT2D eigenvalue weighted by Gasteiger charge is -2.18. The highest BCUT2D eigenvalue weighted by Gasteiger charge is 2.51. The summed E-state index contributed by atoms with van der Waals surface area (Å²) in [7, 11) is 0. The van der Waals surface area contributed by atoms with Gasteiger partial charge in [0.05, 0.1) is 0 Å².